The summed E-state index contributed by atoms with van der Waals surface area (Å²) in [6.07, 6.45) is 5.78. The molecule has 4 aromatic rings. The molecule has 1 aliphatic heterocycles. The van der Waals surface area contributed by atoms with Crippen molar-refractivity contribution in [3.63, 3.8) is 0 Å². The van der Waals surface area contributed by atoms with Gasteiger partial charge in [0.1, 0.15) is 36.0 Å². The van der Waals surface area contributed by atoms with Crippen LogP contribution < -0.4 is 25.4 Å². The van der Waals surface area contributed by atoms with E-state index < -0.39 is 23.1 Å². The summed E-state index contributed by atoms with van der Waals surface area (Å²) < 4.78 is 47.0. The van der Waals surface area contributed by atoms with Crippen LogP contribution in [0, 0.1) is 11.6 Å². The Labute approximate surface area is 269 Å². The summed E-state index contributed by atoms with van der Waals surface area (Å²) >= 11 is 0. The Hall–Kier alpha value is -5.15. The number of aromatic nitrogens is 4. The van der Waals surface area contributed by atoms with E-state index in [1.807, 2.05) is 20.8 Å². The van der Waals surface area contributed by atoms with Crippen molar-refractivity contribution in [1.82, 2.24) is 30.0 Å². The molecule has 1 aliphatic rings. The number of fused-ring (bicyclic) bond motifs is 1. The summed E-state index contributed by atoms with van der Waals surface area (Å²) in [5.41, 5.74) is 0.450. The topological polar surface area (TPSA) is 145 Å². The minimum atomic E-state index is -0.811. The number of nitrogens with one attached hydrogen (secondary N) is 3. The van der Waals surface area contributed by atoms with Crippen molar-refractivity contribution in [2.24, 2.45) is 0 Å². The third kappa shape index (κ3) is 8.56. The molecule has 47 heavy (non-hydrogen) atoms. The zero-order valence-corrected chi connectivity index (χ0v) is 26.6. The normalized spacial score (nSPS) is 13.9. The number of rotatable bonds is 12. The number of nitrogens with zero attached hydrogens (tertiary/aromatic N) is 5. The van der Waals surface area contributed by atoms with Crippen molar-refractivity contribution in [3.05, 3.63) is 66.6 Å². The first-order valence-corrected chi connectivity index (χ1v) is 14.7. The molecule has 2 aromatic heterocycles. The van der Waals surface area contributed by atoms with Gasteiger partial charge in [0.25, 0.3) is 5.88 Å². The molecule has 2 aromatic carbocycles. The summed E-state index contributed by atoms with van der Waals surface area (Å²) in [7, 11) is 3.15. The second-order valence-electron chi connectivity index (χ2n) is 11.9. The average molecular weight is 651 g/mol. The van der Waals surface area contributed by atoms with Gasteiger partial charge in [-0.1, -0.05) is 6.08 Å². The van der Waals surface area contributed by atoms with E-state index >= 15 is 4.39 Å². The van der Waals surface area contributed by atoms with E-state index in [-0.39, 0.29) is 41.7 Å². The molecular weight excluding hydrogens is 614 g/mol. The summed E-state index contributed by atoms with van der Waals surface area (Å²) in [6.45, 7) is 7.51. The Balaban J connectivity index is 1.28. The SMILES string of the molecule is COc1cc2ncnc(Nc3ccc(Oc4nn(CC(=O)NC(C)(C)C)cc4F)cc3F)c2cc1NC(=O)/C=C/CN1CC(OC)C1. The lowest BCUT2D eigenvalue weighted by Gasteiger charge is -2.37. The number of hydrogen-bond donors (Lipinski definition) is 3. The van der Waals surface area contributed by atoms with E-state index in [0.717, 1.165) is 30.0 Å². The van der Waals surface area contributed by atoms with Crippen LogP contribution in [0.3, 0.4) is 0 Å². The first-order chi connectivity index (χ1) is 22.4. The lowest BCUT2D eigenvalue weighted by Crippen LogP contribution is -2.51. The minimum absolute atomic E-state index is 0.0145. The molecule has 1 fully saturated rings. The van der Waals surface area contributed by atoms with Gasteiger partial charge >= 0.3 is 0 Å². The average Bonchev–Trinajstić information content (AvgIpc) is 3.31. The standard InChI is InChI=1S/C32H36F2N8O5/c1-32(2,3)39-29(44)17-42-16-23(34)31(40-42)47-19-8-9-24(22(33)11-19)38-30-21-12-26(27(46-5)13-25(21)35-18-36-30)37-28(43)7-6-10-41-14-20(15-41)45-4/h6-9,11-13,16,18,20H,10,14-15,17H2,1-5H3,(H,37,43)(H,39,44)(H,35,36,38)/b7-6+. The van der Waals surface area contributed by atoms with Gasteiger partial charge in [-0.05, 0) is 39.0 Å². The number of likely N-dealkylation sites (tertiary alicyclic amines) is 1. The van der Waals surface area contributed by atoms with Gasteiger partial charge in [0.2, 0.25) is 17.6 Å². The molecule has 13 nitrogen and oxygen atoms in total. The molecule has 0 bridgehead atoms. The molecule has 3 N–H and O–H groups in total. The third-order valence-electron chi connectivity index (χ3n) is 7.02. The van der Waals surface area contributed by atoms with Gasteiger partial charge in [-0.3, -0.25) is 19.2 Å². The lowest BCUT2D eigenvalue weighted by atomic mass is 10.1. The van der Waals surface area contributed by atoms with Crippen LogP contribution in [-0.4, -0.2) is 82.0 Å². The van der Waals surface area contributed by atoms with Crippen LogP contribution in [0.15, 0.2) is 55.0 Å². The molecule has 15 heteroatoms. The van der Waals surface area contributed by atoms with Gasteiger partial charge in [0.15, 0.2) is 0 Å². The molecule has 0 spiro atoms. The van der Waals surface area contributed by atoms with E-state index in [2.05, 4.69) is 35.9 Å². The fraction of sp³-hybridized carbons (Fsp3) is 0.344. The number of amides is 2. The van der Waals surface area contributed by atoms with Crippen LogP contribution >= 0.6 is 0 Å². The lowest BCUT2D eigenvalue weighted by molar-refractivity contribution is -0.123. The van der Waals surface area contributed by atoms with Crippen LogP contribution in [0.4, 0.5) is 26.0 Å². The number of anilines is 3. The monoisotopic (exact) mass is 650 g/mol. The molecule has 0 atom stereocenters. The van der Waals surface area contributed by atoms with E-state index in [9.17, 15) is 14.0 Å². The maximum Gasteiger partial charge on any atom is 0.274 e. The zero-order chi connectivity index (χ0) is 33.7. The first-order valence-electron chi connectivity index (χ1n) is 14.7. The molecule has 1 saturated heterocycles. The van der Waals surface area contributed by atoms with Crippen molar-refractivity contribution in [2.45, 2.75) is 39.0 Å². The van der Waals surface area contributed by atoms with Crippen LogP contribution in [0.25, 0.3) is 10.9 Å². The number of ether oxygens (including phenoxy) is 3. The largest absolute Gasteiger partial charge is 0.494 e. The fourth-order valence-electron chi connectivity index (χ4n) is 4.79. The highest BCUT2D eigenvalue weighted by Gasteiger charge is 2.25. The zero-order valence-electron chi connectivity index (χ0n) is 26.6. The summed E-state index contributed by atoms with van der Waals surface area (Å²) in [5, 5.41) is 13.0. The number of halogens is 2. The van der Waals surface area contributed by atoms with Crippen LogP contribution in [0.5, 0.6) is 17.4 Å². The molecule has 2 amide bonds. The third-order valence-corrected chi connectivity index (χ3v) is 7.02. The van der Waals surface area contributed by atoms with Crippen molar-refractivity contribution in [3.8, 4) is 17.4 Å². The highest BCUT2D eigenvalue weighted by molar-refractivity contribution is 6.03. The molecule has 0 radical (unpaired) electrons. The van der Waals surface area contributed by atoms with Crippen molar-refractivity contribution in [2.75, 3.05) is 44.5 Å². The molecule has 0 saturated carbocycles. The van der Waals surface area contributed by atoms with E-state index in [4.69, 9.17) is 14.2 Å². The second-order valence-corrected chi connectivity index (χ2v) is 11.9. The van der Waals surface area contributed by atoms with Gasteiger partial charge in [-0.25, -0.2) is 14.4 Å². The molecule has 5 rings (SSSR count). The molecule has 3 heterocycles. The minimum Gasteiger partial charge on any atom is -0.494 e. The smallest absolute Gasteiger partial charge is 0.274 e. The van der Waals surface area contributed by atoms with E-state index in [1.54, 1.807) is 25.3 Å². The Kier molecular flexibility index (Phi) is 9.96. The highest BCUT2D eigenvalue weighted by atomic mass is 19.1. The van der Waals surface area contributed by atoms with Crippen LogP contribution in [0.1, 0.15) is 20.8 Å². The Morgan fingerprint density at radius 3 is 2.55 bits per heavy atom. The summed E-state index contributed by atoms with van der Waals surface area (Å²) in [4.78, 5) is 35.5. The Bertz CT molecular complexity index is 1800. The van der Waals surface area contributed by atoms with Crippen molar-refractivity contribution < 1.29 is 32.6 Å². The number of hydrogen-bond acceptors (Lipinski definition) is 10. The molecule has 0 aliphatic carbocycles. The first kappa shape index (κ1) is 33.2. The summed E-state index contributed by atoms with van der Waals surface area (Å²) in [6, 6.07) is 7.16. The maximum absolute atomic E-state index is 15.2. The number of carbonyl (C=O) groups is 2. The molecule has 0 unspecified atom stereocenters. The number of methoxy groups -OCH3 is 2. The second kappa shape index (κ2) is 14.1. The van der Waals surface area contributed by atoms with Crippen molar-refractivity contribution in [1.29, 1.82) is 0 Å². The van der Waals surface area contributed by atoms with E-state index in [1.165, 1.54) is 31.6 Å². The van der Waals surface area contributed by atoms with Gasteiger partial charge < -0.3 is 30.2 Å². The van der Waals surface area contributed by atoms with Gasteiger partial charge in [-0.15, -0.1) is 5.10 Å². The predicted molar refractivity (Wildman–Crippen MR) is 171 cm³/mol. The summed E-state index contributed by atoms with van der Waals surface area (Å²) in [5.74, 6) is -2.01. The van der Waals surface area contributed by atoms with Gasteiger partial charge in [0, 0.05) is 55.9 Å². The van der Waals surface area contributed by atoms with Crippen LogP contribution in [-0.2, 0) is 20.9 Å². The quantitative estimate of drug-likeness (QED) is 0.189. The van der Waals surface area contributed by atoms with Crippen LogP contribution in [0.2, 0.25) is 0 Å². The number of benzene rings is 2. The van der Waals surface area contributed by atoms with E-state index in [0.29, 0.717) is 28.9 Å². The van der Waals surface area contributed by atoms with Gasteiger partial charge in [0.05, 0.1) is 36.3 Å². The Morgan fingerprint density at radius 2 is 1.85 bits per heavy atom. The number of carbonyl (C=O) groups excluding carboxylic acids is 2. The molecule has 248 valence electrons. The predicted octanol–water partition coefficient (Wildman–Crippen LogP) is 4.39. The molecular formula is C32H36F2N8O5. The highest BCUT2D eigenvalue weighted by Crippen LogP contribution is 2.34. The Morgan fingerprint density at radius 1 is 1.06 bits per heavy atom. The maximum atomic E-state index is 15.2. The fourth-order valence-corrected chi connectivity index (χ4v) is 4.79. The van der Waals surface area contributed by atoms with Gasteiger partial charge in [-0.2, -0.15) is 4.39 Å². The van der Waals surface area contributed by atoms with Crippen molar-refractivity contribution >= 4 is 39.9 Å².